The molecule has 5 nitrogen and oxygen atoms in total. The van der Waals surface area contributed by atoms with Gasteiger partial charge in [0.05, 0.1) is 19.0 Å². The summed E-state index contributed by atoms with van der Waals surface area (Å²) >= 11 is 4.66. The van der Waals surface area contributed by atoms with Crippen LogP contribution in [0.3, 0.4) is 0 Å². The largest absolute Gasteiger partial charge is 0.497 e. The number of ether oxygens (including phenoxy) is 1. The lowest BCUT2D eigenvalue weighted by atomic mass is 10.1. The average molecular weight is 260 g/mol. The first-order valence-electron chi connectivity index (χ1n) is 5.22. The third-order valence-electron chi connectivity index (χ3n) is 2.37. The van der Waals surface area contributed by atoms with E-state index in [0.717, 1.165) is 22.2 Å². The van der Waals surface area contributed by atoms with E-state index in [0.29, 0.717) is 0 Å². The Hall–Kier alpha value is -2.21. The Kier molecular flexibility index (Phi) is 3.69. The van der Waals surface area contributed by atoms with E-state index in [4.69, 9.17) is 10.5 Å². The van der Waals surface area contributed by atoms with Gasteiger partial charge in [-0.2, -0.15) is 5.10 Å². The zero-order valence-corrected chi connectivity index (χ0v) is 10.6. The monoisotopic (exact) mass is 260 g/mol. The van der Waals surface area contributed by atoms with Gasteiger partial charge in [0.1, 0.15) is 5.75 Å². The number of fused-ring (bicyclic) bond motifs is 1. The Bertz CT molecular complexity index is 612. The molecule has 18 heavy (non-hydrogen) atoms. The van der Waals surface area contributed by atoms with Crippen molar-refractivity contribution in [2.45, 2.75) is 0 Å². The van der Waals surface area contributed by atoms with Crippen LogP contribution in [0.1, 0.15) is 5.69 Å². The number of methoxy groups -OCH3 is 1. The summed E-state index contributed by atoms with van der Waals surface area (Å²) in [5.74, 6) is 0.771. The fraction of sp³-hybridized carbons (Fsp3) is 0.0833. The number of hydrogen-bond acceptors (Lipinski definition) is 4. The van der Waals surface area contributed by atoms with E-state index in [2.05, 4.69) is 27.7 Å². The lowest BCUT2D eigenvalue weighted by Gasteiger charge is -2.04. The molecule has 0 saturated carbocycles. The van der Waals surface area contributed by atoms with Gasteiger partial charge in [0.25, 0.3) is 0 Å². The fourth-order valence-electron chi connectivity index (χ4n) is 1.56. The van der Waals surface area contributed by atoms with Gasteiger partial charge in [-0.3, -0.25) is 10.4 Å². The standard InChI is InChI=1S/C12H12N4OS/c1-17-9-3-2-8-4-5-14-11(10(8)6-9)7-15-16-12(13)18/h2-7H,1H3,(H3,13,16,18). The highest BCUT2D eigenvalue weighted by Gasteiger charge is 2.01. The first-order valence-corrected chi connectivity index (χ1v) is 5.63. The smallest absolute Gasteiger partial charge is 0.184 e. The molecule has 1 aromatic carbocycles. The van der Waals surface area contributed by atoms with E-state index >= 15 is 0 Å². The summed E-state index contributed by atoms with van der Waals surface area (Å²) in [6, 6.07) is 7.70. The molecule has 92 valence electrons. The summed E-state index contributed by atoms with van der Waals surface area (Å²) in [6.45, 7) is 0. The van der Waals surface area contributed by atoms with Crippen LogP contribution in [-0.4, -0.2) is 23.4 Å². The summed E-state index contributed by atoms with van der Waals surface area (Å²) in [6.07, 6.45) is 3.29. The maximum absolute atomic E-state index is 5.28. The summed E-state index contributed by atoms with van der Waals surface area (Å²) in [4.78, 5) is 4.25. The van der Waals surface area contributed by atoms with E-state index < -0.39 is 0 Å². The lowest BCUT2D eigenvalue weighted by Crippen LogP contribution is -2.24. The number of rotatable bonds is 3. The average Bonchev–Trinajstić information content (AvgIpc) is 2.38. The second kappa shape index (κ2) is 5.42. The minimum absolute atomic E-state index is 0.115. The van der Waals surface area contributed by atoms with Crippen LogP contribution in [0.2, 0.25) is 0 Å². The minimum Gasteiger partial charge on any atom is -0.497 e. The molecule has 0 aliphatic carbocycles. The number of pyridine rings is 1. The molecule has 0 amide bonds. The van der Waals surface area contributed by atoms with Crippen LogP contribution in [0.5, 0.6) is 5.75 Å². The molecule has 0 fully saturated rings. The van der Waals surface area contributed by atoms with Crippen molar-refractivity contribution in [1.29, 1.82) is 0 Å². The van der Waals surface area contributed by atoms with Crippen LogP contribution in [0.4, 0.5) is 0 Å². The molecule has 6 heteroatoms. The molecule has 0 aliphatic rings. The Morgan fingerprint density at radius 1 is 1.50 bits per heavy atom. The van der Waals surface area contributed by atoms with E-state index in [1.807, 2.05) is 24.3 Å². The third-order valence-corrected chi connectivity index (χ3v) is 2.46. The molecule has 0 spiro atoms. The Balaban J connectivity index is 2.43. The SMILES string of the molecule is COc1ccc2ccnc(C=NNC(N)=S)c2c1. The topological polar surface area (TPSA) is 72.5 Å². The van der Waals surface area contributed by atoms with E-state index in [9.17, 15) is 0 Å². The van der Waals surface area contributed by atoms with Gasteiger partial charge in [0.2, 0.25) is 0 Å². The maximum Gasteiger partial charge on any atom is 0.184 e. The lowest BCUT2D eigenvalue weighted by molar-refractivity contribution is 0.415. The van der Waals surface area contributed by atoms with Crippen molar-refractivity contribution < 1.29 is 4.74 Å². The molecular weight excluding hydrogens is 248 g/mol. The van der Waals surface area contributed by atoms with Gasteiger partial charge in [-0.05, 0) is 35.8 Å². The summed E-state index contributed by atoms with van der Waals surface area (Å²) in [5.41, 5.74) is 8.49. The van der Waals surface area contributed by atoms with Crippen LogP contribution in [-0.2, 0) is 0 Å². The first-order chi connectivity index (χ1) is 8.70. The number of nitrogens with zero attached hydrogens (tertiary/aromatic N) is 2. The molecule has 0 bridgehead atoms. The number of aromatic nitrogens is 1. The molecule has 2 aromatic rings. The van der Waals surface area contributed by atoms with Crippen LogP contribution in [0, 0.1) is 0 Å². The third kappa shape index (κ3) is 2.72. The Morgan fingerprint density at radius 2 is 2.33 bits per heavy atom. The van der Waals surface area contributed by atoms with Crippen LogP contribution in [0.15, 0.2) is 35.6 Å². The van der Waals surface area contributed by atoms with Crippen LogP contribution < -0.4 is 15.9 Å². The zero-order chi connectivity index (χ0) is 13.0. The predicted molar refractivity (Wildman–Crippen MR) is 75.8 cm³/mol. The molecule has 3 N–H and O–H groups in total. The van der Waals surface area contributed by atoms with Crippen molar-refractivity contribution in [2.75, 3.05) is 7.11 Å². The minimum atomic E-state index is 0.115. The summed E-state index contributed by atoms with van der Waals surface area (Å²) < 4.78 is 5.19. The van der Waals surface area contributed by atoms with Gasteiger partial charge < -0.3 is 10.5 Å². The molecule has 2 rings (SSSR count). The number of benzene rings is 1. The highest BCUT2D eigenvalue weighted by atomic mass is 32.1. The van der Waals surface area contributed by atoms with E-state index in [1.54, 1.807) is 19.5 Å². The van der Waals surface area contributed by atoms with Crippen LogP contribution in [0.25, 0.3) is 10.8 Å². The van der Waals surface area contributed by atoms with Crippen LogP contribution >= 0.6 is 12.2 Å². The number of hydrogen-bond donors (Lipinski definition) is 2. The number of nitrogens with two attached hydrogens (primary N) is 1. The van der Waals surface area contributed by atoms with Crippen molar-refractivity contribution in [2.24, 2.45) is 10.8 Å². The quantitative estimate of drug-likeness (QED) is 0.496. The summed E-state index contributed by atoms with van der Waals surface area (Å²) in [5, 5.41) is 6.02. The zero-order valence-electron chi connectivity index (χ0n) is 9.75. The Labute approximate surface area is 110 Å². The Morgan fingerprint density at radius 3 is 3.06 bits per heavy atom. The number of nitrogens with one attached hydrogen (secondary N) is 1. The molecular formula is C12H12N4OS. The van der Waals surface area contributed by atoms with Gasteiger partial charge in [0, 0.05) is 11.6 Å². The van der Waals surface area contributed by atoms with Gasteiger partial charge in [-0.1, -0.05) is 6.07 Å². The van der Waals surface area contributed by atoms with E-state index in [1.165, 1.54) is 0 Å². The molecule has 0 saturated heterocycles. The molecule has 0 aliphatic heterocycles. The normalized spacial score (nSPS) is 10.7. The van der Waals surface area contributed by atoms with Crippen molar-refractivity contribution in [3.63, 3.8) is 0 Å². The van der Waals surface area contributed by atoms with Crippen molar-refractivity contribution in [3.05, 3.63) is 36.2 Å². The van der Waals surface area contributed by atoms with E-state index in [-0.39, 0.29) is 5.11 Å². The molecule has 1 heterocycles. The van der Waals surface area contributed by atoms with Gasteiger partial charge >= 0.3 is 0 Å². The van der Waals surface area contributed by atoms with Crippen molar-refractivity contribution >= 4 is 34.3 Å². The number of hydrazone groups is 1. The maximum atomic E-state index is 5.28. The molecule has 1 aromatic heterocycles. The second-order valence-electron chi connectivity index (χ2n) is 3.52. The van der Waals surface area contributed by atoms with Gasteiger partial charge in [-0.15, -0.1) is 0 Å². The molecule has 0 unspecified atom stereocenters. The molecule has 0 atom stereocenters. The number of thiocarbonyl (C=S) groups is 1. The highest BCUT2D eigenvalue weighted by molar-refractivity contribution is 7.80. The second-order valence-corrected chi connectivity index (χ2v) is 3.96. The van der Waals surface area contributed by atoms with Crippen molar-refractivity contribution in [1.82, 2.24) is 10.4 Å². The fourth-order valence-corrected chi connectivity index (χ4v) is 1.61. The molecule has 0 radical (unpaired) electrons. The predicted octanol–water partition coefficient (Wildman–Crippen LogP) is 1.41. The highest BCUT2D eigenvalue weighted by Crippen LogP contribution is 2.21. The van der Waals surface area contributed by atoms with Gasteiger partial charge in [0.15, 0.2) is 5.11 Å². The van der Waals surface area contributed by atoms with Gasteiger partial charge in [-0.25, -0.2) is 0 Å². The van der Waals surface area contributed by atoms with Crippen molar-refractivity contribution in [3.8, 4) is 5.75 Å². The summed E-state index contributed by atoms with van der Waals surface area (Å²) in [7, 11) is 1.62. The first kappa shape index (κ1) is 12.3.